The highest BCUT2D eigenvalue weighted by atomic mass is 16.3. The Morgan fingerprint density at radius 1 is 1.40 bits per heavy atom. The zero-order chi connectivity index (χ0) is 17.8. The second-order valence-corrected chi connectivity index (χ2v) is 6.69. The molecule has 1 aromatic heterocycles. The molecule has 1 fully saturated rings. The van der Waals surface area contributed by atoms with E-state index in [9.17, 15) is 9.90 Å². The van der Waals surface area contributed by atoms with E-state index in [4.69, 9.17) is 0 Å². The van der Waals surface area contributed by atoms with Gasteiger partial charge < -0.3 is 15.3 Å². The smallest absolute Gasteiger partial charge is 0.317 e. The summed E-state index contributed by atoms with van der Waals surface area (Å²) in [5, 5.41) is 17.6. The maximum atomic E-state index is 12.6. The van der Waals surface area contributed by atoms with Gasteiger partial charge in [-0.3, -0.25) is 4.68 Å². The number of amides is 2. The lowest BCUT2D eigenvalue weighted by molar-refractivity contribution is 0.126. The fraction of sp³-hybridized carbons (Fsp3) is 0.474. The minimum atomic E-state index is -0.542. The zero-order valence-corrected chi connectivity index (χ0v) is 14.9. The van der Waals surface area contributed by atoms with Crippen molar-refractivity contribution in [3.8, 4) is 0 Å². The molecule has 2 heterocycles. The Labute approximate surface area is 148 Å². The van der Waals surface area contributed by atoms with Crippen LogP contribution >= 0.6 is 0 Å². The van der Waals surface area contributed by atoms with Crippen LogP contribution in [-0.4, -0.2) is 38.4 Å². The van der Waals surface area contributed by atoms with Gasteiger partial charge in [-0.1, -0.05) is 30.3 Å². The third kappa shape index (κ3) is 4.02. The molecule has 1 aromatic carbocycles. The van der Waals surface area contributed by atoms with E-state index in [1.165, 1.54) is 0 Å². The number of carbonyl (C=O) groups excluding carboxylic acids is 1. The summed E-state index contributed by atoms with van der Waals surface area (Å²) in [6.07, 6.45) is 3.73. The van der Waals surface area contributed by atoms with Crippen molar-refractivity contribution in [3.63, 3.8) is 0 Å². The molecule has 0 spiro atoms. The minimum absolute atomic E-state index is 0.0639. The third-order valence-corrected chi connectivity index (χ3v) is 5.08. The molecule has 25 heavy (non-hydrogen) atoms. The molecule has 0 saturated carbocycles. The standard InChI is InChI=1S/C19H26N4O2/c1-14-16(13-21-22(14)2)12-20-19(25)23-10-6-9-17(23)11-18(24)15-7-4-3-5-8-15/h3-5,7-8,13,17-18,24H,6,9-12H2,1-2H3,(H,20,25)/t17-,18-/m1/s1. The predicted molar refractivity (Wildman–Crippen MR) is 95.9 cm³/mol. The van der Waals surface area contributed by atoms with E-state index in [1.54, 1.807) is 10.9 Å². The largest absolute Gasteiger partial charge is 0.388 e. The lowest BCUT2D eigenvalue weighted by Crippen LogP contribution is -2.43. The summed E-state index contributed by atoms with van der Waals surface area (Å²) in [5.74, 6) is 0. The van der Waals surface area contributed by atoms with Crippen molar-refractivity contribution < 1.29 is 9.90 Å². The molecule has 2 N–H and O–H groups in total. The monoisotopic (exact) mass is 342 g/mol. The minimum Gasteiger partial charge on any atom is -0.388 e. The zero-order valence-electron chi connectivity index (χ0n) is 14.9. The molecule has 1 aliphatic heterocycles. The molecule has 0 aliphatic carbocycles. The van der Waals surface area contributed by atoms with Gasteiger partial charge in [0, 0.05) is 37.4 Å². The van der Waals surface area contributed by atoms with Crippen LogP contribution in [0.15, 0.2) is 36.5 Å². The summed E-state index contributed by atoms with van der Waals surface area (Å²) in [7, 11) is 1.89. The van der Waals surface area contributed by atoms with Crippen LogP contribution in [0.1, 0.15) is 42.2 Å². The number of aliphatic hydroxyl groups is 1. The van der Waals surface area contributed by atoms with Gasteiger partial charge in [-0.2, -0.15) is 5.10 Å². The highest BCUT2D eigenvalue weighted by Crippen LogP contribution is 2.27. The molecule has 2 amide bonds. The number of urea groups is 1. The summed E-state index contributed by atoms with van der Waals surface area (Å²) in [5.41, 5.74) is 2.98. The SMILES string of the molecule is Cc1c(CNC(=O)N2CCC[C@@H]2C[C@@H](O)c2ccccc2)cnn1C. The first-order valence-corrected chi connectivity index (χ1v) is 8.81. The maximum Gasteiger partial charge on any atom is 0.317 e. The summed E-state index contributed by atoms with van der Waals surface area (Å²) in [6.45, 7) is 3.20. The van der Waals surface area contributed by atoms with Crippen LogP contribution in [0.25, 0.3) is 0 Å². The fourth-order valence-corrected chi connectivity index (χ4v) is 3.41. The number of carbonyl (C=O) groups is 1. The molecule has 0 unspecified atom stereocenters. The van der Waals surface area contributed by atoms with Crippen molar-refractivity contribution in [1.29, 1.82) is 0 Å². The summed E-state index contributed by atoms with van der Waals surface area (Å²) >= 11 is 0. The molecule has 3 rings (SSSR count). The first kappa shape index (κ1) is 17.5. The Morgan fingerprint density at radius 3 is 2.84 bits per heavy atom. The number of hydrogen-bond acceptors (Lipinski definition) is 3. The van der Waals surface area contributed by atoms with Gasteiger partial charge in [0.1, 0.15) is 0 Å². The molecule has 6 heteroatoms. The quantitative estimate of drug-likeness (QED) is 0.877. The van der Waals surface area contributed by atoms with E-state index >= 15 is 0 Å². The number of aliphatic hydroxyl groups excluding tert-OH is 1. The van der Waals surface area contributed by atoms with Gasteiger partial charge in [-0.15, -0.1) is 0 Å². The van der Waals surface area contributed by atoms with Crippen molar-refractivity contribution in [2.24, 2.45) is 7.05 Å². The van der Waals surface area contributed by atoms with Gasteiger partial charge >= 0.3 is 6.03 Å². The Balaban J connectivity index is 1.57. The molecule has 1 aliphatic rings. The molecule has 2 atom stereocenters. The van der Waals surface area contributed by atoms with Crippen molar-refractivity contribution in [2.75, 3.05) is 6.54 Å². The van der Waals surface area contributed by atoms with Crippen LogP contribution in [0.2, 0.25) is 0 Å². The van der Waals surface area contributed by atoms with E-state index in [-0.39, 0.29) is 12.1 Å². The Bertz CT molecular complexity index is 713. The number of aryl methyl sites for hydroxylation is 1. The van der Waals surface area contributed by atoms with Gasteiger partial charge in [0.25, 0.3) is 0 Å². The van der Waals surface area contributed by atoms with E-state index < -0.39 is 6.10 Å². The predicted octanol–water partition coefficient (Wildman–Crippen LogP) is 2.53. The molecule has 0 bridgehead atoms. The molecular formula is C19H26N4O2. The number of nitrogens with one attached hydrogen (secondary N) is 1. The van der Waals surface area contributed by atoms with Crippen molar-refractivity contribution in [2.45, 2.75) is 44.9 Å². The van der Waals surface area contributed by atoms with Gasteiger partial charge in [0.15, 0.2) is 0 Å². The van der Waals surface area contributed by atoms with Crippen molar-refractivity contribution >= 4 is 6.03 Å². The highest BCUT2D eigenvalue weighted by molar-refractivity contribution is 5.74. The van der Waals surface area contributed by atoms with Crippen LogP contribution < -0.4 is 5.32 Å². The maximum absolute atomic E-state index is 12.6. The number of benzene rings is 1. The van der Waals surface area contributed by atoms with Crippen LogP contribution in [0.3, 0.4) is 0 Å². The molecule has 134 valence electrons. The average Bonchev–Trinajstić information content (AvgIpc) is 3.21. The van der Waals surface area contributed by atoms with Gasteiger partial charge in [0.05, 0.1) is 12.3 Å². The van der Waals surface area contributed by atoms with Gasteiger partial charge in [-0.25, -0.2) is 4.79 Å². The number of aromatic nitrogens is 2. The first-order chi connectivity index (χ1) is 12.1. The molecular weight excluding hydrogens is 316 g/mol. The topological polar surface area (TPSA) is 70.4 Å². The van der Waals surface area contributed by atoms with Crippen molar-refractivity contribution in [1.82, 2.24) is 20.0 Å². The summed E-state index contributed by atoms with van der Waals surface area (Å²) in [6, 6.07) is 9.65. The molecule has 2 aromatic rings. The molecule has 1 saturated heterocycles. The summed E-state index contributed by atoms with van der Waals surface area (Å²) < 4.78 is 1.80. The lowest BCUT2D eigenvalue weighted by Gasteiger charge is -2.27. The summed E-state index contributed by atoms with van der Waals surface area (Å²) in [4.78, 5) is 14.4. The normalized spacial score (nSPS) is 18.4. The van der Waals surface area contributed by atoms with Gasteiger partial charge in [0.2, 0.25) is 0 Å². The Kier molecular flexibility index (Phi) is 5.38. The number of hydrogen-bond donors (Lipinski definition) is 2. The first-order valence-electron chi connectivity index (χ1n) is 8.81. The lowest BCUT2D eigenvalue weighted by atomic mass is 10.0. The number of rotatable bonds is 5. The third-order valence-electron chi connectivity index (χ3n) is 5.08. The van der Waals surface area contributed by atoms with Crippen LogP contribution in [0, 0.1) is 6.92 Å². The second-order valence-electron chi connectivity index (χ2n) is 6.69. The fourth-order valence-electron chi connectivity index (χ4n) is 3.41. The Morgan fingerprint density at radius 2 is 2.16 bits per heavy atom. The average molecular weight is 342 g/mol. The molecule has 6 nitrogen and oxygen atoms in total. The number of likely N-dealkylation sites (tertiary alicyclic amines) is 1. The number of nitrogens with zero attached hydrogens (tertiary/aromatic N) is 3. The van der Waals surface area contributed by atoms with Crippen LogP contribution in [0.5, 0.6) is 0 Å². The van der Waals surface area contributed by atoms with E-state index in [0.717, 1.165) is 36.2 Å². The van der Waals surface area contributed by atoms with Crippen LogP contribution in [-0.2, 0) is 13.6 Å². The highest BCUT2D eigenvalue weighted by Gasteiger charge is 2.30. The Hall–Kier alpha value is -2.34. The van der Waals surface area contributed by atoms with E-state index in [0.29, 0.717) is 13.0 Å². The van der Waals surface area contributed by atoms with Gasteiger partial charge in [-0.05, 0) is 31.7 Å². The van der Waals surface area contributed by atoms with Crippen molar-refractivity contribution in [3.05, 3.63) is 53.3 Å². The van der Waals surface area contributed by atoms with E-state index in [1.807, 2.05) is 49.2 Å². The molecule has 0 radical (unpaired) electrons. The second kappa shape index (κ2) is 7.70. The van der Waals surface area contributed by atoms with Crippen LogP contribution in [0.4, 0.5) is 4.79 Å². The van der Waals surface area contributed by atoms with E-state index in [2.05, 4.69) is 10.4 Å².